The van der Waals surface area contributed by atoms with Crippen LogP contribution in [0, 0.1) is 10.1 Å². The Hall–Kier alpha value is -5.00. The second-order valence-corrected chi connectivity index (χ2v) is 6.56. The van der Waals surface area contributed by atoms with Crippen LogP contribution in [0.5, 0.6) is 11.5 Å². The van der Waals surface area contributed by atoms with Gasteiger partial charge in [0.15, 0.2) is 17.3 Å². The summed E-state index contributed by atoms with van der Waals surface area (Å²) in [6, 6.07) is 12.5. The molecule has 0 saturated carbocycles. The fraction of sp³-hybridized carbons (Fsp3) is 0.0909. The third-order valence-electron chi connectivity index (χ3n) is 4.26. The summed E-state index contributed by atoms with van der Waals surface area (Å²) in [5, 5.41) is 16.9. The Morgan fingerprint density at radius 3 is 2.53 bits per heavy atom. The zero-order chi connectivity index (χ0) is 24.5. The highest BCUT2D eigenvalue weighted by Crippen LogP contribution is 2.28. The predicted molar refractivity (Wildman–Crippen MR) is 118 cm³/mol. The quantitative estimate of drug-likeness (QED) is 0.160. The number of ether oxygens (including phenoxy) is 2. The average Bonchev–Trinajstić information content (AvgIpc) is 3.38. The first-order chi connectivity index (χ1) is 16.4. The van der Waals surface area contributed by atoms with Crippen molar-refractivity contribution in [2.45, 2.75) is 0 Å². The third kappa shape index (κ3) is 6.26. The molecule has 2 N–H and O–H groups in total. The van der Waals surface area contributed by atoms with Gasteiger partial charge >= 0.3 is 5.97 Å². The highest BCUT2D eigenvalue weighted by atomic mass is 16.6. The van der Waals surface area contributed by atoms with Crippen LogP contribution in [0.25, 0.3) is 0 Å². The maximum absolute atomic E-state index is 12.3. The summed E-state index contributed by atoms with van der Waals surface area (Å²) < 4.78 is 15.5. The van der Waals surface area contributed by atoms with Gasteiger partial charge in [0.25, 0.3) is 17.5 Å². The fourth-order valence-corrected chi connectivity index (χ4v) is 2.60. The van der Waals surface area contributed by atoms with Gasteiger partial charge in [-0.3, -0.25) is 19.7 Å². The molecule has 0 bridgehead atoms. The molecule has 0 aliphatic heterocycles. The minimum Gasteiger partial charge on any atom is -0.493 e. The predicted octanol–water partition coefficient (Wildman–Crippen LogP) is 2.30. The lowest BCUT2D eigenvalue weighted by atomic mass is 10.2. The van der Waals surface area contributed by atoms with Gasteiger partial charge in [-0.1, -0.05) is 0 Å². The molecule has 0 fully saturated rings. The Morgan fingerprint density at radius 2 is 1.88 bits per heavy atom. The van der Waals surface area contributed by atoms with Crippen LogP contribution < -0.4 is 20.2 Å². The smallest absolute Gasteiger partial charge is 0.343 e. The minimum absolute atomic E-state index is 0.0813. The zero-order valence-corrected chi connectivity index (χ0v) is 17.7. The van der Waals surface area contributed by atoms with Crippen molar-refractivity contribution in [2.75, 3.05) is 13.7 Å². The first-order valence-electron chi connectivity index (χ1n) is 9.65. The van der Waals surface area contributed by atoms with Crippen molar-refractivity contribution >= 4 is 29.7 Å². The lowest BCUT2D eigenvalue weighted by molar-refractivity contribution is -0.384. The van der Waals surface area contributed by atoms with Gasteiger partial charge in [0.1, 0.15) is 0 Å². The molecule has 2 amide bonds. The van der Waals surface area contributed by atoms with E-state index in [4.69, 9.17) is 13.9 Å². The van der Waals surface area contributed by atoms with Crippen LogP contribution in [0.2, 0.25) is 0 Å². The van der Waals surface area contributed by atoms with E-state index in [0.29, 0.717) is 5.56 Å². The Morgan fingerprint density at radius 1 is 1.12 bits per heavy atom. The van der Waals surface area contributed by atoms with Gasteiger partial charge in [-0.25, -0.2) is 10.2 Å². The Bertz CT molecular complexity index is 1220. The second-order valence-electron chi connectivity index (χ2n) is 6.56. The van der Waals surface area contributed by atoms with Gasteiger partial charge in [-0.15, -0.1) is 0 Å². The number of hydrogen-bond acceptors (Lipinski definition) is 9. The number of benzene rings is 2. The molecule has 0 saturated heterocycles. The number of nitrogens with one attached hydrogen (secondary N) is 2. The first kappa shape index (κ1) is 23.7. The Balaban J connectivity index is 1.55. The van der Waals surface area contributed by atoms with E-state index >= 15 is 0 Å². The number of amides is 2. The van der Waals surface area contributed by atoms with E-state index in [2.05, 4.69) is 15.8 Å². The van der Waals surface area contributed by atoms with Crippen LogP contribution in [0.4, 0.5) is 5.69 Å². The van der Waals surface area contributed by atoms with E-state index in [1.807, 2.05) is 0 Å². The molecule has 0 radical (unpaired) electrons. The molecule has 2 aromatic carbocycles. The number of furan rings is 1. The molecule has 12 nitrogen and oxygen atoms in total. The topological polar surface area (TPSA) is 162 Å². The summed E-state index contributed by atoms with van der Waals surface area (Å²) in [4.78, 5) is 46.0. The van der Waals surface area contributed by atoms with Gasteiger partial charge in [0.2, 0.25) is 0 Å². The lowest BCUT2D eigenvalue weighted by Crippen LogP contribution is -2.34. The molecule has 34 heavy (non-hydrogen) atoms. The molecular formula is C22H18N4O8. The van der Waals surface area contributed by atoms with Crippen LogP contribution in [0.15, 0.2) is 70.4 Å². The molecule has 174 valence electrons. The van der Waals surface area contributed by atoms with E-state index in [1.54, 1.807) is 12.1 Å². The van der Waals surface area contributed by atoms with E-state index in [9.17, 15) is 24.5 Å². The average molecular weight is 466 g/mol. The molecule has 3 aromatic rings. The minimum atomic E-state index is -0.724. The van der Waals surface area contributed by atoms with Crippen molar-refractivity contribution in [1.29, 1.82) is 0 Å². The molecule has 1 aromatic heterocycles. The Labute approximate surface area is 192 Å². The van der Waals surface area contributed by atoms with Gasteiger partial charge in [-0.2, -0.15) is 5.10 Å². The monoisotopic (exact) mass is 466 g/mol. The van der Waals surface area contributed by atoms with Gasteiger partial charge < -0.3 is 19.2 Å². The lowest BCUT2D eigenvalue weighted by Gasteiger charge is -2.10. The highest BCUT2D eigenvalue weighted by molar-refractivity contribution is 5.94. The number of nitro benzene ring substituents is 1. The molecule has 0 aliphatic rings. The summed E-state index contributed by atoms with van der Waals surface area (Å²) in [6.07, 6.45) is 2.67. The summed E-state index contributed by atoms with van der Waals surface area (Å²) in [5.74, 6) is -1.40. The molecule has 0 aliphatic carbocycles. The summed E-state index contributed by atoms with van der Waals surface area (Å²) in [7, 11) is 1.38. The van der Waals surface area contributed by atoms with Crippen LogP contribution >= 0.6 is 0 Å². The number of methoxy groups -OCH3 is 1. The number of non-ortho nitro benzene ring substituents is 1. The number of carbonyl (C=O) groups is 3. The number of hydrogen-bond donors (Lipinski definition) is 2. The normalized spacial score (nSPS) is 10.5. The van der Waals surface area contributed by atoms with Crippen molar-refractivity contribution in [1.82, 2.24) is 10.7 Å². The SMILES string of the molecule is COc1cc(/C=N/NC(=O)CNC(=O)c2ccco2)ccc1OC(=O)c1ccc([N+](=O)[O-])cc1. The standard InChI is InChI=1S/C22H18N4O8/c1-32-19-11-14(12-24-25-20(27)13-23-21(28)18-3-2-10-33-18)4-9-17(19)34-22(29)15-5-7-16(8-6-15)26(30)31/h2-12H,13H2,1H3,(H,23,28)(H,25,27)/b24-12+. The summed E-state index contributed by atoms with van der Waals surface area (Å²) in [5.41, 5.74) is 2.76. The van der Waals surface area contributed by atoms with Crippen molar-refractivity contribution in [3.63, 3.8) is 0 Å². The molecule has 0 spiro atoms. The summed E-state index contributed by atoms with van der Waals surface area (Å²) >= 11 is 0. The summed E-state index contributed by atoms with van der Waals surface area (Å²) in [6.45, 7) is -0.308. The number of rotatable bonds is 9. The molecule has 1 heterocycles. The molecule has 0 atom stereocenters. The fourth-order valence-electron chi connectivity index (χ4n) is 2.60. The van der Waals surface area contributed by atoms with Gasteiger partial charge in [0.05, 0.1) is 36.6 Å². The van der Waals surface area contributed by atoms with E-state index in [0.717, 1.165) is 0 Å². The van der Waals surface area contributed by atoms with Crippen LogP contribution in [-0.2, 0) is 4.79 Å². The molecular weight excluding hydrogens is 448 g/mol. The maximum Gasteiger partial charge on any atom is 0.343 e. The molecule has 12 heteroatoms. The highest BCUT2D eigenvalue weighted by Gasteiger charge is 2.15. The van der Waals surface area contributed by atoms with Crippen molar-refractivity contribution in [3.05, 3.63) is 87.9 Å². The van der Waals surface area contributed by atoms with Crippen molar-refractivity contribution in [2.24, 2.45) is 5.10 Å². The largest absolute Gasteiger partial charge is 0.493 e. The van der Waals surface area contributed by atoms with Crippen molar-refractivity contribution < 1.29 is 33.2 Å². The second kappa shape index (κ2) is 11.0. The number of hydrazone groups is 1. The van der Waals surface area contributed by atoms with Gasteiger partial charge in [0, 0.05) is 12.1 Å². The van der Waals surface area contributed by atoms with E-state index in [-0.39, 0.29) is 35.1 Å². The number of carbonyl (C=O) groups excluding carboxylic acids is 3. The van der Waals surface area contributed by atoms with Crippen molar-refractivity contribution in [3.8, 4) is 11.5 Å². The van der Waals surface area contributed by atoms with E-state index < -0.39 is 22.7 Å². The Kier molecular flexibility index (Phi) is 7.68. The first-order valence-corrected chi connectivity index (χ1v) is 9.65. The van der Waals surface area contributed by atoms with Gasteiger partial charge in [-0.05, 0) is 48.0 Å². The number of nitro groups is 1. The van der Waals surface area contributed by atoms with Crippen LogP contribution in [0.1, 0.15) is 26.5 Å². The molecule has 3 rings (SSSR count). The number of nitrogens with zero attached hydrogens (tertiary/aromatic N) is 2. The zero-order valence-electron chi connectivity index (χ0n) is 17.7. The van der Waals surface area contributed by atoms with Crippen LogP contribution in [0.3, 0.4) is 0 Å². The number of esters is 1. The maximum atomic E-state index is 12.3. The molecule has 0 unspecified atom stereocenters. The van der Waals surface area contributed by atoms with E-state index in [1.165, 1.54) is 62.1 Å². The van der Waals surface area contributed by atoms with Crippen LogP contribution in [-0.4, -0.2) is 42.6 Å². The third-order valence-corrected chi connectivity index (χ3v) is 4.26.